The summed E-state index contributed by atoms with van der Waals surface area (Å²) in [5.74, 6) is -1.93. The Hall–Kier alpha value is -4.65. The summed E-state index contributed by atoms with van der Waals surface area (Å²) >= 11 is 0. The number of aliphatic hydroxyl groups is 2. The van der Waals surface area contributed by atoms with Crippen LogP contribution in [0.4, 0.5) is 17.1 Å². The zero-order valence-electron chi connectivity index (χ0n) is 20.0. The number of nitrogens with zero attached hydrogens (tertiary/aromatic N) is 2. The van der Waals surface area contributed by atoms with E-state index in [0.29, 0.717) is 24.1 Å². The molecule has 0 radical (unpaired) electrons. The van der Waals surface area contributed by atoms with Crippen LogP contribution in [0.15, 0.2) is 66.7 Å². The van der Waals surface area contributed by atoms with E-state index >= 15 is 0 Å². The van der Waals surface area contributed by atoms with Gasteiger partial charge in [0.2, 0.25) is 5.78 Å². The summed E-state index contributed by atoms with van der Waals surface area (Å²) in [5, 5.41) is 39.6. The first-order valence-corrected chi connectivity index (χ1v) is 11.3. The van der Waals surface area contributed by atoms with Gasteiger partial charge in [-0.3, -0.25) is 24.6 Å². The minimum atomic E-state index is -1.34. The van der Waals surface area contributed by atoms with Gasteiger partial charge in [0.05, 0.1) is 23.7 Å². The number of aliphatic hydroxyl groups excluding tert-OH is 2. The lowest BCUT2D eigenvalue weighted by Gasteiger charge is -2.34. The zero-order valence-corrected chi connectivity index (χ0v) is 20.0. The molecule has 4 rings (SSSR count). The number of carbonyl (C=O) groups excluding carboxylic acids is 2. The highest BCUT2D eigenvalue weighted by molar-refractivity contribution is 6.27. The van der Waals surface area contributed by atoms with Crippen LogP contribution in [0.3, 0.4) is 0 Å². The molecule has 7 N–H and O–H groups in total. The van der Waals surface area contributed by atoms with Crippen molar-refractivity contribution in [2.75, 3.05) is 18.1 Å². The van der Waals surface area contributed by atoms with Gasteiger partial charge in [0.1, 0.15) is 11.6 Å². The Morgan fingerprint density at radius 3 is 2.29 bits per heavy atom. The Bertz CT molecular complexity index is 1350. The molecule has 0 spiro atoms. The number of carbonyl (C=O) groups is 3. The fourth-order valence-corrected chi connectivity index (χ4v) is 4.28. The molecule has 3 aromatic rings. The fraction of sp³-hybridized carbons (Fsp3) is 0.192. The van der Waals surface area contributed by atoms with Crippen LogP contribution >= 0.6 is 0 Å². The molecule has 198 valence electrons. The van der Waals surface area contributed by atoms with E-state index in [9.17, 15) is 34.7 Å². The third kappa shape index (κ3) is 6.00. The molecule has 0 aromatic heterocycles. The molecule has 12 nitrogen and oxygen atoms in total. The van der Waals surface area contributed by atoms with Gasteiger partial charge in [-0.05, 0) is 41.0 Å². The van der Waals surface area contributed by atoms with Gasteiger partial charge >= 0.3 is 5.97 Å². The number of nitrogens with two attached hydrogens (primary N) is 2. The second kappa shape index (κ2) is 12.1. The first-order chi connectivity index (χ1) is 18.1. The van der Waals surface area contributed by atoms with Crippen LogP contribution in [0.1, 0.15) is 39.2 Å². The summed E-state index contributed by atoms with van der Waals surface area (Å²) in [6.45, 7) is 0.0137. The van der Waals surface area contributed by atoms with Gasteiger partial charge in [0.15, 0.2) is 6.29 Å². The molecule has 1 aliphatic rings. The van der Waals surface area contributed by atoms with Crippen LogP contribution in [-0.2, 0) is 16.1 Å². The van der Waals surface area contributed by atoms with Gasteiger partial charge in [0.25, 0.3) is 5.69 Å². The highest BCUT2D eigenvalue weighted by Gasteiger charge is 2.41. The summed E-state index contributed by atoms with van der Waals surface area (Å²) in [5.41, 5.74) is 13.0. The summed E-state index contributed by atoms with van der Waals surface area (Å²) in [7, 11) is 0. The Balaban J connectivity index is 0.000000260. The molecule has 38 heavy (non-hydrogen) atoms. The van der Waals surface area contributed by atoms with Crippen molar-refractivity contribution in [1.29, 1.82) is 0 Å². The van der Waals surface area contributed by atoms with Crippen LogP contribution in [-0.4, -0.2) is 55.8 Å². The van der Waals surface area contributed by atoms with E-state index in [2.05, 4.69) is 0 Å². The van der Waals surface area contributed by atoms with Crippen LogP contribution in [0, 0.1) is 10.1 Å². The Kier molecular flexibility index (Phi) is 8.86. The number of rotatable bonds is 8. The average Bonchev–Trinajstić information content (AvgIpc) is 3.28. The molecule has 1 aliphatic heterocycles. The number of aromatic carboxylic acids is 1. The van der Waals surface area contributed by atoms with Crippen molar-refractivity contribution in [3.8, 4) is 0 Å². The van der Waals surface area contributed by atoms with Crippen molar-refractivity contribution in [2.45, 2.75) is 24.7 Å². The number of Topliss-reactive ketones (excluding diaryl/α,β-unsaturated/α-hetero) is 1. The van der Waals surface area contributed by atoms with Crippen molar-refractivity contribution in [3.63, 3.8) is 0 Å². The highest BCUT2D eigenvalue weighted by atomic mass is 16.6. The summed E-state index contributed by atoms with van der Waals surface area (Å²) in [6, 6.07) is 15.9. The number of fused-ring (bicyclic) bond motifs is 1. The number of hydrogen-bond acceptors (Lipinski definition) is 10. The van der Waals surface area contributed by atoms with Crippen molar-refractivity contribution in [2.24, 2.45) is 0 Å². The maximum Gasteiger partial charge on any atom is 0.342 e. The number of anilines is 2. The normalized spacial score (nSPS) is 15.9. The molecular weight excluding hydrogens is 496 g/mol. The Labute approximate surface area is 216 Å². The predicted molar refractivity (Wildman–Crippen MR) is 137 cm³/mol. The van der Waals surface area contributed by atoms with Crippen LogP contribution in [0.2, 0.25) is 0 Å². The standard InChI is InChI=1S/C19H20N2O4.C7H6N2O4/c20-14-7-5-12(6-8-14)19(25)16(10-22)21-9-13-3-1-2-4-15(13)18(21)17(24)11-23;8-4-1-2-5(7(10)11)6(3-4)9(12)13/h1-8,11,16,18-19,22,25H,9-10,20H2;1-3H,8H2,(H,10,11). The van der Waals surface area contributed by atoms with E-state index in [1.54, 1.807) is 41.3 Å². The first kappa shape index (κ1) is 27.9. The lowest BCUT2D eigenvalue weighted by molar-refractivity contribution is -0.385. The second-order valence-electron chi connectivity index (χ2n) is 8.49. The lowest BCUT2D eigenvalue weighted by Crippen LogP contribution is -2.43. The van der Waals surface area contributed by atoms with Gasteiger partial charge in [-0.25, -0.2) is 4.79 Å². The zero-order chi connectivity index (χ0) is 28.0. The number of ketones is 1. The minimum Gasteiger partial charge on any atom is -0.477 e. The molecule has 0 saturated heterocycles. The smallest absolute Gasteiger partial charge is 0.342 e. The van der Waals surface area contributed by atoms with Crippen LogP contribution in [0.5, 0.6) is 0 Å². The maximum absolute atomic E-state index is 12.2. The summed E-state index contributed by atoms with van der Waals surface area (Å²) < 4.78 is 0. The SMILES string of the molecule is Nc1ccc(C(=O)O)c([N+](=O)[O-])c1.Nc1ccc(C(O)C(CO)N2Cc3ccccc3C2C(=O)C=O)cc1. The number of nitro benzene ring substituents is 1. The number of carboxylic acid groups (broad SMARTS) is 1. The quantitative estimate of drug-likeness (QED) is 0.0947. The van der Waals surface area contributed by atoms with Crippen LogP contribution < -0.4 is 11.5 Å². The van der Waals surface area contributed by atoms with E-state index in [1.807, 2.05) is 12.1 Å². The number of benzene rings is 3. The second-order valence-corrected chi connectivity index (χ2v) is 8.49. The molecule has 0 fully saturated rings. The molecule has 1 heterocycles. The molecule has 12 heteroatoms. The van der Waals surface area contributed by atoms with Crippen LogP contribution in [0.25, 0.3) is 0 Å². The van der Waals surface area contributed by atoms with Gasteiger partial charge in [-0.15, -0.1) is 0 Å². The van der Waals surface area contributed by atoms with E-state index in [-0.39, 0.29) is 17.9 Å². The predicted octanol–water partition coefficient (Wildman–Crippen LogP) is 1.86. The average molecular weight is 523 g/mol. The topological polar surface area (TPSA) is 210 Å². The molecule has 0 amide bonds. The molecule has 3 aromatic carbocycles. The number of nitrogen functional groups attached to an aromatic ring is 2. The van der Waals surface area contributed by atoms with E-state index in [4.69, 9.17) is 16.6 Å². The lowest BCUT2D eigenvalue weighted by atomic mass is 9.98. The number of aldehydes is 1. The van der Waals surface area contributed by atoms with E-state index in [1.165, 1.54) is 6.07 Å². The molecule has 3 atom stereocenters. The highest BCUT2D eigenvalue weighted by Crippen LogP contribution is 2.38. The van der Waals surface area contributed by atoms with Crippen molar-refractivity contribution in [3.05, 3.63) is 99.1 Å². The van der Waals surface area contributed by atoms with Crippen molar-refractivity contribution in [1.82, 2.24) is 4.90 Å². The molecule has 0 bridgehead atoms. The molecule has 3 unspecified atom stereocenters. The molecule has 0 saturated carbocycles. The summed E-state index contributed by atoms with van der Waals surface area (Å²) in [4.78, 5) is 45.1. The third-order valence-electron chi connectivity index (χ3n) is 6.12. The number of carboxylic acids is 1. The minimum absolute atomic E-state index is 0.164. The summed E-state index contributed by atoms with van der Waals surface area (Å²) in [6.07, 6.45) is -0.731. The first-order valence-electron chi connectivity index (χ1n) is 11.3. The molecular formula is C26H26N4O8. The largest absolute Gasteiger partial charge is 0.477 e. The van der Waals surface area contributed by atoms with Crippen molar-refractivity contribution < 1.29 is 34.6 Å². The maximum atomic E-state index is 12.2. The number of nitro groups is 1. The fourth-order valence-electron chi connectivity index (χ4n) is 4.28. The van der Waals surface area contributed by atoms with Gasteiger partial charge in [-0.1, -0.05) is 36.4 Å². The van der Waals surface area contributed by atoms with Gasteiger partial charge in [-0.2, -0.15) is 0 Å². The third-order valence-corrected chi connectivity index (χ3v) is 6.12. The monoisotopic (exact) mass is 522 g/mol. The Morgan fingerprint density at radius 2 is 1.71 bits per heavy atom. The van der Waals surface area contributed by atoms with Crippen molar-refractivity contribution >= 4 is 35.1 Å². The Morgan fingerprint density at radius 1 is 1.08 bits per heavy atom. The van der Waals surface area contributed by atoms with E-state index in [0.717, 1.165) is 23.3 Å². The van der Waals surface area contributed by atoms with Gasteiger partial charge < -0.3 is 26.8 Å². The van der Waals surface area contributed by atoms with Gasteiger partial charge in [0, 0.05) is 24.0 Å². The molecule has 0 aliphatic carbocycles. The van der Waals surface area contributed by atoms with E-state index < -0.39 is 40.6 Å². The number of hydrogen-bond donors (Lipinski definition) is 5.